The van der Waals surface area contributed by atoms with Gasteiger partial charge in [-0.15, -0.1) is 0 Å². The lowest BCUT2D eigenvalue weighted by Crippen LogP contribution is -2.06. The second-order valence-corrected chi connectivity index (χ2v) is 4.71. The number of hydrogen-bond acceptors (Lipinski definition) is 4. The zero-order valence-electron chi connectivity index (χ0n) is 11.8. The summed E-state index contributed by atoms with van der Waals surface area (Å²) < 4.78 is 5.13. The Labute approximate surface area is 119 Å². The predicted molar refractivity (Wildman–Crippen MR) is 76.8 cm³/mol. The van der Waals surface area contributed by atoms with Gasteiger partial charge in [-0.2, -0.15) is 0 Å². The molecule has 0 unspecified atom stereocenters. The van der Waals surface area contributed by atoms with E-state index in [1.165, 1.54) is 49.9 Å². The number of nitrogens with zero attached hydrogens (tertiary/aromatic N) is 1. The predicted octanol–water partition coefficient (Wildman–Crippen LogP) is 4.11. The summed E-state index contributed by atoms with van der Waals surface area (Å²) in [5.41, 5.74) is 0.319. The van der Waals surface area contributed by atoms with E-state index in [4.69, 9.17) is 4.74 Å². The quantitative estimate of drug-likeness (QED) is 0.295. The first-order valence-corrected chi connectivity index (χ1v) is 7.06. The van der Waals surface area contributed by atoms with Gasteiger partial charge in [0.1, 0.15) is 0 Å². The van der Waals surface area contributed by atoms with Gasteiger partial charge in [0.25, 0.3) is 5.69 Å². The number of esters is 1. The lowest BCUT2D eigenvalue weighted by Gasteiger charge is -2.04. The zero-order valence-corrected chi connectivity index (χ0v) is 11.8. The van der Waals surface area contributed by atoms with Crippen LogP contribution in [0, 0.1) is 10.1 Å². The Morgan fingerprint density at radius 2 is 1.70 bits per heavy atom. The maximum absolute atomic E-state index is 11.7. The van der Waals surface area contributed by atoms with Crippen molar-refractivity contribution in [1.82, 2.24) is 0 Å². The van der Waals surface area contributed by atoms with Crippen LogP contribution >= 0.6 is 0 Å². The first-order chi connectivity index (χ1) is 9.65. The van der Waals surface area contributed by atoms with Gasteiger partial charge in [-0.3, -0.25) is 10.1 Å². The molecule has 0 aliphatic heterocycles. The molecule has 0 bridgehead atoms. The van der Waals surface area contributed by atoms with Crippen LogP contribution in [0.4, 0.5) is 5.69 Å². The van der Waals surface area contributed by atoms with E-state index in [1.54, 1.807) is 0 Å². The van der Waals surface area contributed by atoms with Crippen molar-refractivity contribution in [1.29, 1.82) is 0 Å². The monoisotopic (exact) mass is 279 g/mol. The largest absolute Gasteiger partial charge is 0.462 e. The summed E-state index contributed by atoms with van der Waals surface area (Å²) in [5, 5.41) is 10.5. The number of hydrogen-bond donors (Lipinski definition) is 0. The van der Waals surface area contributed by atoms with E-state index in [9.17, 15) is 14.9 Å². The summed E-state index contributed by atoms with van der Waals surface area (Å²) in [5.74, 6) is -0.423. The molecule has 110 valence electrons. The average Bonchev–Trinajstić information content (AvgIpc) is 2.46. The van der Waals surface area contributed by atoms with Crippen LogP contribution in [0.3, 0.4) is 0 Å². The fourth-order valence-electron chi connectivity index (χ4n) is 1.85. The van der Waals surface area contributed by atoms with Crippen LogP contribution in [0.15, 0.2) is 24.3 Å². The minimum atomic E-state index is -0.495. The molecule has 5 heteroatoms. The maximum Gasteiger partial charge on any atom is 0.338 e. The van der Waals surface area contributed by atoms with Crippen molar-refractivity contribution in [2.45, 2.75) is 45.4 Å². The molecular formula is C15H21NO4. The van der Waals surface area contributed by atoms with Gasteiger partial charge in [-0.25, -0.2) is 4.79 Å². The van der Waals surface area contributed by atoms with Crippen molar-refractivity contribution in [3.05, 3.63) is 39.9 Å². The highest BCUT2D eigenvalue weighted by Gasteiger charge is 2.10. The Balaban J connectivity index is 2.24. The standard InChI is InChI=1S/C15H21NO4/c1-2-3-4-5-6-7-12-20-15(17)13-8-10-14(11-9-13)16(18)19/h8-11H,2-7,12H2,1H3. The molecule has 20 heavy (non-hydrogen) atoms. The van der Waals surface area contributed by atoms with E-state index in [-0.39, 0.29) is 5.69 Å². The molecule has 1 aromatic carbocycles. The molecule has 0 N–H and O–H groups in total. The fraction of sp³-hybridized carbons (Fsp3) is 0.533. The molecule has 0 aliphatic rings. The molecule has 0 saturated heterocycles. The van der Waals surface area contributed by atoms with Gasteiger partial charge in [-0.05, 0) is 18.6 Å². The molecule has 0 heterocycles. The highest BCUT2D eigenvalue weighted by Crippen LogP contribution is 2.13. The first-order valence-electron chi connectivity index (χ1n) is 7.06. The van der Waals surface area contributed by atoms with Crippen molar-refractivity contribution >= 4 is 11.7 Å². The maximum atomic E-state index is 11.7. The molecule has 0 spiro atoms. The topological polar surface area (TPSA) is 69.4 Å². The summed E-state index contributed by atoms with van der Waals surface area (Å²) in [4.78, 5) is 21.7. The second kappa shape index (κ2) is 9.07. The molecule has 1 aromatic rings. The Hall–Kier alpha value is -1.91. The lowest BCUT2D eigenvalue weighted by molar-refractivity contribution is -0.384. The van der Waals surface area contributed by atoms with Gasteiger partial charge < -0.3 is 4.74 Å². The minimum absolute atomic E-state index is 0.0301. The molecule has 0 amide bonds. The lowest BCUT2D eigenvalue weighted by atomic mass is 10.1. The summed E-state index contributed by atoms with van der Waals surface area (Å²) in [6.07, 6.45) is 6.80. The number of non-ortho nitro benzene ring substituents is 1. The van der Waals surface area contributed by atoms with E-state index < -0.39 is 10.9 Å². The Kier molecular flexibility index (Phi) is 7.32. The normalized spacial score (nSPS) is 10.2. The average molecular weight is 279 g/mol. The van der Waals surface area contributed by atoms with Crippen LogP contribution < -0.4 is 0 Å². The Bertz CT molecular complexity index is 428. The van der Waals surface area contributed by atoms with E-state index in [0.717, 1.165) is 12.8 Å². The number of carbonyl (C=O) groups excluding carboxylic acids is 1. The van der Waals surface area contributed by atoms with Gasteiger partial charge >= 0.3 is 5.97 Å². The number of ether oxygens (including phenoxy) is 1. The molecule has 5 nitrogen and oxygen atoms in total. The van der Waals surface area contributed by atoms with E-state index in [1.807, 2.05) is 0 Å². The molecule has 0 aromatic heterocycles. The smallest absolute Gasteiger partial charge is 0.338 e. The number of nitro groups is 1. The molecule has 0 aliphatic carbocycles. The van der Waals surface area contributed by atoms with Crippen LogP contribution in [-0.2, 0) is 4.74 Å². The number of rotatable bonds is 9. The van der Waals surface area contributed by atoms with Gasteiger partial charge in [0, 0.05) is 12.1 Å². The number of nitro benzene ring substituents is 1. The Morgan fingerprint density at radius 1 is 1.10 bits per heavy atom. The van der Waals surface area contributed by atoms with Crippen LogP contribution in [0.1, 0.15) is 55.8 Å². The van der Waals surface area contributed by atoms with Crippen molar-refractivity contribution < 1.29 is 14.5 Å². The van der Waals surface area contributed by atoms with Crippen molar-refractivity contribution in [3.8, 4) is 0 Å². The van der Waals surface area contributed by atoms with E-state index in [2.05, 4.69) is 6.92 Å². The van der Waals surface area contributed by atoms with Crippen molar-refractivity contribution in [2.75, 3.05) is 6.61 Å². The number of carbonyl (C=O) groups is 1. The van der Waals surface area contributed by atoms with Gasteiger partial charge in [0.05, 0.1) is 17.1 Å². The first kappa shape index (κ1) is 16.1. The summed E-state index contributed by atoms with van der Waals surface area (Å²) in [6, 6.07) is 5.45. The molecule has 0 atom stereocenters. The number of benzene rings is 1. The van der Waals surface area contributed by atoms with Crippen LogP contribution in [0.2, 0.25) is 0 Å². The third kappa shape index (κ3) is 5.82. The SMILES string of the molecule is CCCCCCCCOC(=O)c1ccc([N+](=O)[O-])cc1. The van der Waals surface area contributed by atoms with Gasteiger partial charge in [0.2, 0.25) is 0 Å². The molecule has 0 saturated carbocycles. The van der Waals surface area contributed by atoms with Crippen molar-refractivity contribution in [2.24, 2.45) is 0 Å². The Morgan fingerprint density at radius 3 is 2.30 bits per heavy atom. The van der Waals surface area contributed by atoms with Gasteiger partial charge in [0.15, 0.2) is 0 Å². The van der Waals surface area contributed by atoms with Crippen molar-refractivity contribution in [3.63, 3.8) is 0 Å². The third-order valence-corrected chi connectivity index (χ3v) is 3.04. The van der Waals surface area contributed by atoms with Crippen LogP contribution in [-0.4, -0.2) is 17.5 Å². The zero-order chi connectivity index (χ0) is 14.8. The van der Waals surface area contributed by atoms with Crippen LogP contribution in [0.25, 0.3) is 0 Å². The highest BCUT2D eigenvalue weighted by atomic mass is 16.6. The third-order valence-electron chi connectivity index (χ3n) is 3.04. The molecule has 1 rings (SSSR count). The summed E-state index contributed by atoms with van der Waals surface area (Å²) in [7, 11) is 0. The fourth-order valence-corrected chi connectivity index (χ4v) is 1.85. The highest BCUT2D eigenvalue weighted by molar-refractivity contribution is 5.89. The second-order valence-electron chi connectivity index (χ2n) is 4.71. The molecule has 0 radical (unpaired) electrons. The summed E-state index contributed by atoms with van der Waals surface area (Å²) >= 11 is 0. The molecule has 0 fully saturated rings. The minimum Gasteiger partial charge on any atom is -0.462 e. The van der Waals surface area contributed by atoms with Gasteiger partial charge in [-0.1, -0.05) is 39.0 Å². The van der Waals surface area contributed by atoms with E-state index >= 15 is 0 Å². The van der Waals surface area contributed by atoms with E-state index in [0.29, 0.717) is 12.2 Å². The summed E-state index contributed by atoms with van der Waals surface area (Å²) in [6.45, 7) is 2.58. The number of unbranched alkanes of at least 4 members (excludes halogenated alkanes) is 5. The van der Waals surface area contributed by atoms with Crippen LogP contribution in [0.5, 0.6) is 0 Å². The molecular weight excluding hydrogens is 258 g/mol.